The molecule has 0 unspecified atom stereocenters. The smallest absolute Gasteiger partial charge is 0.258 e. The van der Waals surface area contributed by atoms with Crippen molar-refractivity contribution in [3.05, 3.63) is 67.9 Å². The molecule has 0 saturated carbocycles. The standard InChI is InChI=1S/C18H19ClN4OS/c19-15-1-2-17-20-16(9-18(24)23(17)11-15)12-22-6-4-21(5-7-22)10-14-3-8-25-13-14/h1-3,8-9,11,13H,4-7,10,12H2. The first-order valence-corrected chi connectivity index (χ1v) is 9.63. The van der Waals surface area contributed by atoms with Gasteiger partial charge in [0.2, 0.25) is 0 Å². The zero-order valence-electron chi connectivity index (χ0n) is 13.8. The Bertz CT molecular complexity index is 916. The highest BCUT2D eigenvalue weighted by atomic mass is 35.5. The zero-order valence-corrected chi connectivity index (χ0v) is 15.3. The molecule has 0 radical (unpaired) electrons. The van der Waals surface area contributed by atoms with Crippen LogP contribution in [-0.4, -0.2) is 45.4 Å². The molecule has 25 heavy (non-hydrogen) atoms. The molecular weight excluding hydrogens is 356 g/mol. The van der Waals surface area contributed by atoms with Crippen LogP contribution in [0.25, 0.3) is 5.65 Å². The molecule has 1 aliphatic rings. The van der Waals surface area contributed by atoms with E-state index >= 15 is 0 Å². The molecule has 0 bridgehead atoms. The van der Waals surface area contributed by atoms with E-state index < -0.39 is 0 Å². The van der Waals surface area contributed by atoms with Gasteiger partial charge in [-0.2, -0.15) is 11.3 Å². The Morgan fingerprint density at radius 3 is 2.56 bits per heavy atom. The lowest BCUT2D eigenvalue weighted by Gasteiger charge is -2.34. The summed E-state index contributed by atoms with van der Waals surface area (Å²) in [5.74, 6) is 0. The fourth-order valence-corrected chi connectivity index (χ4v) is 4.00. The van der Waals surface area contributed by atoms with Crippen LogP contribution >= 0.6 is 22.9 Å². The molecule has 0 atom stereocenters. The maximum absolute atomic E-state index is 12.3. The van der Waals surface area contributed by atoms with Crippen LogP contribution in [0.4, 0.5) is 0 Å². The van der Waals surface area contributed by atoms with Gasteiger partial charge < -0.3 is 0 Å². The number of halogens is 1. The van der Waals surface area contributed by atoms with E-state index in [2.05, 4.69) is 31.6 Å². The monoisotopic (exact) mass is 374 g/mol. The Kier molecular flexibility index (Phi) is 4.85. The van der Waals surface area contributed by atoms with Gasteiger partial charge in [0.25, 0.3) is 5.56 Å². The van der Waals surface area contributed by atoms with Crippen molar-refractivity contribution >= 4 is 28.6 Å². The number of piperazine rings is 1. The second-order valence-corrected chi connectivity index (χ2v) is 7.56. The van der Waals surface area contributed by atoms with Crippen LogP contribution in [0.3, 0.4) is 0 Å². The second kappa shape index (κ2) is 7.25. The first kappa shape index (κ1) is 16.7. The highest BCUT2D eigenvalue weighted by Crippen LogP contribution is 2.13. The Morgan fingerprint density at radius 2 is 1.84 bits per heavy atom. The van der Waals surface area contributed by atoms with Crippen molar-refractivity contribution in [2.24, 2.45) is 0 Å². The minimum atomic E-state index is -0.0846. The number of hydrogen-bond acceptors (Lipinski definition) is 5. The van der Waals surface area contributed by atoms with Gasteiger partial charge in [-0.15, -0.1) is 0 Å². The second-order valence-electron chi connectivity index (χ2n) is 6.35. The van der Waals surface area contributed by atoms with Crippen LogP contribution in [0.2, 0.25) is 5.02 Å². The summed E-state index contributed by atoms with van der Waals surface area (Å²) in [6.45, 7) is 5.79. The van der Waals surface area contributed by atoms with Crippen molar-refractivity contribution < 1.29 is 0 Å². The summed E-state index contributed by atoms with van der Waals surface area (Å²) in [6.07, 6.45) is 1.61. The SMILES string of the molecule is O=c1cc(CN2CCN(Cc3ccsc3)CC2)nc2ccc(Cl)cn12. The third kappa shape index (κ3) is 3.93. The fourth-order valence-electron chi connectivity index (χ4n) is 3.18. The molecule has 4 rings (SSSR count). The van der Waals surface area contributed by atoms with Gasteiger partial charge in [-0.05, 0) is 34.5 Å². The van der Waals surface area contributed by atoms with E-state index in [1.807, 2.05) is 0 Å². The van der Waals surface area contributed by atoms with Crippen LogP contribution < -0.4 is 5.56 Å². The Hall–Kier alpha value is -1.73. The van der Waals surface area contributed by atoms with E-state index in [-0.39, 0.29) is 5.56 Å². The molecule has 0 spiro atoms. The predicted molar refractivity (Wildman–Crippen MR) is 101 cm³/mol. The minimum absolute atomic E-state index is 0.0846. The molecule has 1 fully saturated rings. The number of rotatable bonds is 4. The quantitative estimate of drug-likeness (QED) is 0.704. The Morgan fingerprint density at radius 1 is 1.08 bits per heavy atom. The normalized spacial score (nSPS) is 16.5. The van der Waals surface area contributed by atoms with Crippen molar-refractivity contribution in [3.8, 4) is 0 Å². The zero-order chi connectivity index (χ0) is 17.2. The molecule has 5 nitrogen and oxygen atoms in total. The Labute approximate surface area is 155 Å². The largest absolute Gasteiger partial charge is 0.297 e. The van der Waals surface area contributed by atoms with Gasteiger partial charge in [-0.3, -0.25) is 19.0 Å². The van der Waals surface area contributed by atoms with Crippen molar-refractivity contribution in [2.45, 2.75) is 13.1 Å². The predicted octanol–water partition coefficient (Wildman–Crippen LogP) is 2.73. The average Bonchev–Trinajstić information content (AvgIpc) is 3.10. The molecule has 0 N–H and O–H groups in total. The van der Waals surface area contributed by atoms with Crippen LogP contribution in [-0.2, 0) is 13.1 Å². The van der Waals surface area contributed by atoms with Crippen molar-refractivity contribution in [3.63, 3.8) is 0 Å². The van der Waals surface area contributed by atoms with E-state index in [4.69, 9.17) is 11.6 Å². The average molecular weight is 375 g/mol. The maximum atomic E-state index is 12.3. The molecule has 3 aromatic heterocycles. The van der Waals surface area contributed by atoms with Crippen molar-refractivity contribution in [1.29, 1.82) is 0 Å². The summed E-state index contributed by atoms with van der Waals surface area (Å²) in [7, 11) is 0. The summed E-state index contributed by atoms with van der Waals surface area (Å²) in [6, 6.07) is 7.35. The van der Waals surface area contributed by atoms with Gasteiger partial charge in [0, 0.05) is 51.5 Å². The van der Waals surface area contributed by atoms with Crippen molar-refractivity contribution in [2.75, 3.05) is 26.2 Å². The number of pyridine rings is 1. The maximum Gasteiger partial charge on any atom is 0.258 e. The lowest BCUT2D eigenvalue weighted by molar-refractivity contribution is 0.121. The number of hydrogen-bond donors (Lipinski definition) is 0. The van der Waals surface area contributed by atoms with E-state index in [0.29, 0.717) is 17.2 Å². The molecule has 0 aromatic carbocycles. The van der Waals surface area contributed by atoms with Crippen LogP contribution in [0, 0.1) is 0 Å². The van der Waals surface area contributed by atoms with Crippen LogP contribution in [0.5, 0.6) is 0 Å². The molecule has 1 aliphatic heterocycles. The lowest BCUT2D eigenvalue weighted by atomic mass is 10.2. The van der Waals surface area contributed by atoms with Crippen molar-refractivity contribution in [1.82, 2.24) is 19.2 Å². The van der Waals surface area contributed by atoms with Gasteiger partial charge in [0.05, 0.1) is 10.7 Å². The molecule has 1 saturated heterocycles. The van der Waals surface area contributed by atoms with Gasteiger partial charge in [0.1, 0.15) is 5.65 Å². The van der Waals surface area contributed by atoms with E-state index in [9.17, 15) is 4.79 Å². The van der Waals surface area contributed by atoms with E-state index in [1.54, 1.807) is 35.7 Å². The fraction of sp³-hybridized carbons (Fsp3) is 0.333. The number of thiophene rings is 1. The first-order chi connectivity index (χ1) is 12.2. The third-order valence-corrected chi connectivity index (χ3v) is 5.47. The molecule has 7 heteroatoms. The number of fused-ring (bicyclic) bond motifs is 1. The van der Waals surface area contributed by atoms with Gasteiger partial charge in [-0.25, -0.2) is 4.98 Å². The molecule has 0 amide bonds. The van der Waals surface area contributed by atoms with Gasteiger partial charge >= 0.3 is 0 Å². The first-order valence-electron chi connectivity index (χ1n) is 8.31. The Balaban J connectivity index is 1.41. The number of nitrogens with zero attached hydrogens (tertiary/aromatic N) is 4. The van der Waals surface area contributed by atoms with Gasteiger partial charge in [0.15, 0.2) is 0 Å². The summed E-state index contributed by atoms with van der Waals surface area (Å²) in [5, 5.41) is 4.87. The van der Waals surface area contributed by atoms with E-state index in [0.717, 1.165) is 38.4 Å². The highest BCUT2D eigenvalue weighted by Gasteiger charge is 2.18. The minimum Gasteiger partial charge on any atom is -0.297 e. The summed E-state index contributed by atoms with van der Waals surface area (Å²) in [5.41, 5.74) is 2.77. The summed E-state index contributed by atoms with van der Waals surface area (Å²) < 4.78 is 1.49. The molecule has 4 heterocycles. The molecule has 3 aromatic rings. The lowest BCUT2D eigenvalue weighted by Crippen LogP contribution is -2.45. The summed E-state index contributed by atoms with van der Waals surface area (Å²) >= 11 is 7.70. The highest BCUT2D eigenvalue weighted by molar-refractivity contribution is 7.07. The van der Waals surface area contributed by atoms with Crippen LogP contribution in [0.15, 0.2) is 46.0 Å². The number of aromatic nitrogens is 2. The van der Waals surface area contributed by atoms with Gasteiger partial charge in [-0.1, -0.05) is 11.6 Å². The van der Waals surface area contributed by atoms with E-state index in [1.165, 1.54) is 9.96 Å². The molecular formula is C18H19ClN4OS. The van der Waals surface area contributed by atoms with Crippen LogP contribution in [0.1, 0.15) is 11.3 Å². The topological polar surface area (TPSA) is 40.9 Å². The summed E-state index contributed by atoms with van der Waals surface area (Å²) in [4.78, 5) is 21.7. The molecule has 130 valence electrons. The molecule has 0 aliphatic carbocycles. The third-order valence-electron chi connectivity index (χ3n) is 4.51.